The molecule has 0 bridgehead atoms. The highest BCUT2D eigenvalue weighted by Crippen LogP contribution is 2.32. The van der Waals surface area contributed by atoms with Crippen molar-refractivity contribution in [2.75, 3.05) is 13.1 Å². The van der Waals surface area contributed by atoms with Gasteiger partial charge in [0.05, 0.1) is 11.3 Å². The first-order valence-corrected chi connectivity index (χ1v) is 10.1. The molecule has 1 aromatic carbocycles. The number of piperidine rings is 1. The standard InChI is InChI=1S/C19H19F4N5.C2H6/c1-12-5-17(28-18(26-12)24-11-25-28)14-3-2-4-27(10-14)9-13-6-15(19(21,22)23)8-16(20)7-13;1-2/h5-8,11,14H,2-4,9-10H2,1H3;1-2H3. The summed E-state index contributed by atoms with van der Waals surface area (Å²) in [6, 6.07) is 4.70. The Kier molecular flexibility index (Phi) is 6.70. The quantitative estimate of drug-likeness (QED) is 0.557. The molecule has 3 aromatic rings. The summed E-state index contributed by atoms with van der Waals surface area (Å²) in [6.07, 6.45) is -1.28. The van der Waals surface area contributed by atoms with E-state index in [1.165, 1.54) is 12.4 Å². The molecule has 5 nitrogen and oxygen atoms in total. The maximum Gasteiger partial charge on any atom is 0.416 e. The molecule has 4 rings (SSSR count). The molecule has 0 amide bonds. The van der Waals surface area contributed by atoms with E-state index in [-0.39, 0.29) is 12.5 Å². The zero-order chi connectivity index (χ0) is 21.9. The molecule has 1 saturated heterocycles. The van der Waals surface area contributed by atoms with Crippen LogP contribution in [0.5, 0.6) is 0 Å². The Morgan fingerprint density at radius 1 is 1.13 bits per heavy atom. The molecule has 2 aromatic heterocycles. The van der Waals surface area contributed by atoms with E-state index in [2.05, 4.69) is 20.0 Å². The monoisotopic (exact) mass is 423 g/mol. The summed E-state index contributed by atoms with van der Waals surface area (Å²) in [7, 11) is 0. The highest BCUT2D eigenvalue weighted by atomic mass is 19.4. The van der Waals surface area contributed by atoms with Crippen molar-refractivity contribution in [3.63, 3.8) is 0 Å². The van der Waals surface area contributed by atoms with Gasteiger partial charge >= 0.3 is 6.18 Å². The van der Waals surface area contributed by atoms with Gasteiger partial charge in [-0.3, -0.25) is 4.90 Å². The predicted octanol–water partition coefficient (Wildman–Crippen LogP) is 5.00. The van der Waals surface area contributed by atoms with Crippen molar-refractivity contribution >= 4 is 5.78 Å². The average Bonchev–Trinajstić information content (AvgIpc) is 3.16. The Labute approximate surface area is 172 Å². The van der Waals surface area contributed by atoms with Crippen LogP contribution in [0.25, 0.3) is 5.78 Å². The van der Waals surface area contributed by atoms with Crippen molar-refractivity contribution in [1.29, 1.82) is 0 Å². The molecule has 1 unspecified atom stereocenters. The van der Waals surface area contributed by atoms with Gasteiger partial charge in [-0.15, -0.1) is 0 Å². The van der Waals surface area contributed by atoms with Crippen molar-refractivity contribution in [1.82, 2.24) is 24.5 Å². The van der Waals surface area contributed by atoms with Crippen molar-refractivity contribution in [3.05, 3.63) is 58.9 Å². The number of aromatic nitrogens is 4. The summed E-state index contributed by atoms with van der Waals surface area (Å²) in [5.41, 5.74) is 1.20. The van der Waals surface area contributed by atoms with E-state index in [1.54, 1.807) is 4.52 Å². The van der Waals surface area contributed by atoms with Crippen LogP contribution in [-0.2, 0) is 12.7 Å². The number of halogens is 4. The van der Waals surface area contributed by atoms with Crippen LogP contribution in [-0.4, -0.2) is 37.6 Å². The number of nitrogens with zero attached hydrogens (tertiary/aromatic N) is 5. The van der Waals surface area contributed by atoms with Crippen molar-refractivity contribution in [2.24, 2.45) is 0 Å². The molecular weight excluding hydrogens is 398 g/mol. The summed E-state index contributed by atoms with van der Waals surface area (Å²) in [5, 5.41) is 4.24. The highest BCUT2D eigenvalue weighted by Gasteiger charge is 2.32. The molecule has 3 heterocycles. The molecule has 0 N–H and O–H groups in total. The molecule has 0 radical (unpaired) electrons. The van der Waals surface area contributed by atoms with E-state index in [9.17, 15) is 17.6 Å². The predicted molar refractivity (Wildman–Crippen MR) is 106 cm³/mol. The summed E-state index contributed by atoms with van der Waals surface area (Å²) in [4.78, 5) is 10.5. The fourth-order valence-electron chi connectivity index (χ4n) is 3.85. The number of rotatable bonds is 3. The van der Waals surface area contributed by atoms with E-state index >= 15 is 0 Å². The molecule has 1 atom stereocenters. The van der Waals surface area contributed by atoms with E-state index in [4.69, 9.17) is 0 Å². The molecule has 1 aliphatic heterocycles. The molecular formula is C21H25F4N5. The number of fused-ring (bicyclic) bond motifs is 1. The summed E-state index contributed by atoms with van der Waals surface area (Å²) in [6.45, 7) is 7.56. The third-order valence-electron chi connectivity index (χ3n) is 5.02. The van der Waals surface area contributed by atoms with Crippen LogP contribution in [0.2, 0.25) is 0 Å². The van der Waals surface area contributed by atoms with Gasteiger partial charge in [0.25, 0.3) is 5.78 Å². The Bertz CT molecular complexity index is 999. The minimum Gasteiger partial charge on any atom is -0.298 e. The maximum atomic E-state index is 13.7. The van der Waals surface area contributed by atoms with Gasteiger partial charge in [-0.1, -0.05) is 13.8 Å². The van der Waals surface area contributed by atoms with Crippen LogP contribution in [0.1, 0.15) is 55.1 Å². The molecule has 0 spiro atoms. The summed E-state index contributed by atoms with van der Waals surface area (Å²) >= 11 is 0. The molecule has 162 valence electrons. The number of likely N-dealkylation sites (tertiary alicyclic amines) is 1. The Morgan fingerprint density at radius 3 is 2.63 bits per heavy atom. The van der Waals surface area contributed by atoms with Gasteiger partial charge in [0, 0.05) is 24.7 Å². The normalized spacial score (nSPS) is 17.6. The molecule has 1 fully saturated rings. The van der Waals surface area contributed by atoms with Crippen LogP contribution >= 0.6 is 0 Å². The van der Waals surface area contributed by atoms with Gasteiger partial charge in [0.2, 0.25) is 0 Å². The SMILES string of the molecule is CC.Cc1cc(C2CCCN(Cc3cc(F)cc(C(F)(F)F)c3)C2)n2ncnc2n1. The Morgan fingerprint density at radius 2 is 1.90 bits per heavy atom. The van der Waals surface area contributed by atoms with Gasteiger partial charge < -0.3 is 0 Å². The highest BCUT2D eigenvalue weighted by molar-refractivity contribution is 5.32. The lowest BCUT2D eigenvalue weighted by atomic mass is 9.93. The van der Waals surface area contributed by atoms with Gasteiger partial charge in [-0.2, -0.15) is 23.3 Å². The van der Waals surface area contributed by atoms with E-state index in [0.29, 0.717) is 24.0 Å². The number of alkyl halides is 3. The first-order valence-electron chi connectivity index (χ1n) is 10.1. The van der Waals surface area contributed by atoms with E-state index in [0.717, 1.165) is 36.8 Å². The Hall–Kier alpha value is -2.55. The molecule has 0 aliphatic carbocycles. The van der Waals surface area contributed by atoms with Crippen LogP contribution in [0, 0.1) is 12.7 Å². The van der Waals surface area contributed by atoms with Crippen LogP contribution in [0.3, 0.4) is 0 Å². The number of benzene rings is 1. The molecule has 30 heavy (non-hydrogen) atoms. The van der Waals surface area contributed by atoms with Crippen LogP contribution in [0.15, 0.2) is 30.6 Å². The molecule has 9 heteroatoms. The first-order chi connectivity index (χ1) is 14.3. The smallest absolute Gasteiger partial charge is 0.298 e. The van der Waals surface area contributed by atoms with Crippen LogP contribution in [0.4, 0.5) is 17.6 Å². The molecule has 1 aliphatic rings. The van der Waals surface area contributed by atoms with Gasteiger partial charge in [-0.25, -0.2) is 13.9 Å². The summed E-state index contributed by atoms with van der Waals surface area (Å²) < 4.78 is 54.3. The lowest BCUT2D eigenvalue weighted by Gasteiger charge is -2.33. The third-order valence-corrected chi connectivity index (χ3v) is 5.02. The number of hydrogen-bond donors (Lipinski definition) is 0. The molecule has 0 saturated carbocycles. The lowest BCUT2D eigenvalue weighted by Crippen LogP contribution is -2.34. The second-order valence-corrected chi connectivity index (χ2v) is 7.21. The van der Waals surface area contributed by atoms with Gasteiger partial charge in [0.15, 0.2) is 0 Å². The van der Waals surface area contributed by atoms with Crippen molar-refractivity contribution in [3.8, 4) is 0 Å². The van der Waals surface area contributed by atoms with Gasteiger partial charge in [-0.05, 0) is 56.1 Å². The van der Waals surface area contributed by atoms with Gasteiger partial charge in [0.1, 0.15) is 12.1 Å². The summed E-state index contributed by atoms with van der Waals surface area (Å²) in [5.74, 6) is -0.185. The zero-order valence-corrected chi connectivity index (χ0v) is 17.2. The average molecular weight is 423 g/mol. The fourth-order valence-corrected chi connectivity index (χ4v) is 3.85. The largest absolute Gasteiger partial charge is 0.416 e. The zero-order valence-electron chi connectivity index (χ0n) is 17.2. The Balaban J connectivity index is 0.00000124. The van der Waals surface area contributed by atoms with E-state index in [1.807, 2.05) is 26.8 Å². The van der Waals surface area contributed by atoms with E-state index < -0.39 is 17.6 Å². The fraction of sp³-hybridized carbons (Fsp3) is 0.476. The minimum atomic E-state index is -4.56. The second kappa shape index (κ2) is 9.07. The first kappa shape index (κ1) is 22.1. The minimum absolute atomic E-state index is 0.148. The topological polar surface area (TPSA) is 46.3 Å². The van der Waals surface area contributed by atoms with Crippen LogP contribution < -0.4 is 0 Å². The number of aryl methyl sites for hydroxylation is 1. The third kappa shape index (κ3) is 4.95. The second-order valence-electron chi connectivity index (χ2n) is 7.21. The number of hydrogen-bond acceptors (Lipinski definition) is 4. The maximum absolute atomic E-state index is 13.7. The van der Waals surface area contributed by atoms with Crippen molar-refractivity contribution in [2.45, 2.75) is 52.3 Å². The van der Waals surface area contributed by atoms with Crippen molar-refractivity contribution < 1.29 is 17.6 Å². The lowest BCUT2D eigenvalue weighted by molar-refractivity contribution is -0.137.